The Hall–Kier alpha value is -0.610. The molecule has 0 radical (unpaired) electrons. The van der Waals surface area contributed by atoms with E-state index in [0.717, 1.165) is 6.54 Å². The Labute approximate surface area is 111 Å². The maximum Gasteiger partial charge on any atom is 0.221 e. The third-order valence-corrected chi connectivity index (χ3v) is 3.83. The lowest BCUT2D eigenvalue weighted by atomic mass is 9.95. The van der Waals surface area contributed by atoms with Crippen molar-refractivity contribution in [1.82, 2.24) is 10.2 Å². The molecule has 0 aromatic carbocycles. The normalized spacial score (nSPS) is 22.7. The number of piperidine rings is 1. The second kappa shape index (κ2) is 8.48. The molecule has 1 saturated heterocycles. The predicted octanol–water partition coefficient (Wildman–Crippen LogP) is 1.49. The van der Waals surface area contributed by atoms with Crippen LogP contribution in [0, 0.1) is 0 Å². The summed E-state index contributed by atoms with van der Waals surface area (Å²) >= 11 is 0. The summed E-state index contributed by atoms with van der Waals surface area (Å²) in [6.45, 7) is 6.57. The number of nitrogens with two attached hydrogens (primary N) is 1. The van der Waals surface area contributed by atoms with Crippen LogP contribution in [-0.4, -0.2) is 42.5 Å². The molecule has 0 aliphatic carbocycles. The van der Waals surface area contributed by atoms with Gasteiger partial charge >= 0.3 is 0 Å². The second-order valence-electron chi connectivity index (χ2n) is 5.22. The van der Waals surface area contributed by atoms with E-state index in [1.165, 1.54) is 32.1 Å². The van der Waals surface area contributed by atoms with E-state index in [-0.39, 0.29) is 11.9 Å². The highest BCUT2D eigenvalue weighted by Crippen LogP contribution is 2.23. The molecule has 4 nitrogen and oxygen atoms in total. The van der Waals surface area contributed by atoms with Crippen molar-refractivity contribution in [2.24, 2.45) is 5.73 Å². The molecular weight excluding hydrogens is 226 g/mol. The number of carbonyl (C=O) groups is 1. The first-order chi connectivity index (χ1) is 8.72. The van der Waals surface area contributed by atoms with Crippen LogP contribution >= 0.6 is 0 Å². The molecular formula is C14H29N3O. The fourth-order valence-corrected chi connectivity index (χ4v) is 2.97. The number of rotatable bonds is 7. The van der Waals surface area contributed by atoms with Gasteiger partial charge < -0.3 is 11.1 Å². The predicted molar refractivity (Wildman–Crippen MR) is 75.4 cm³/mol. The molecule has 2 unspecified atom stereocenters. The molecule has 3 N–H and O–H groups in total. The van der Waals surface area contributed by atoms with Gasteiger partial charge in [0, 0.05) is 31.6 Å². The van der Waals surface area contributed by atoms with Crippen molar-refractivity contribution < 1.29 is 4.79 Å². The van der Waals surface area contributed by atoms with Gasteiger partial charge in [0.05, 0.1) is 0 Å². The summed E-state index contributed by atoms with van der Waals surface area (Å²) in [4.78, 5) is 14.2. The quantitative estimate of drug-likeness (QED) is 0.725. The van der Waals surface area contributed by atoms with E-state index in [1.54, 1.807) is 0 Å². The van der Waals surface area contributed by atoms with E-state index in [2.05, 4.69) is 17.1 Å². The first kappa shape index (κ1) is 15.4. The smallest absolute Gasteiger partial charge is 0.221 e. The monoisotopic (exact) mass is 255 g/mol. The molecule has 2 atom stereocenters. The molecule has 0 bridgehead atoms. The second-order valence-corrected chi connectivity index (χ2v) is 5.22. The van der Waals surface area contributed by atoms with Crippen LogP contribution in [0.5, 0.6) is 0 Å². The van der Waals surface area contributed by atoms with E-state index in [4.69, 9.17) is 5.73 Å². The fourth-order valence-electron chi connectivity index (χ4n) is 2.97. The molecule has 1 fully saturated rings. The zero-order chi connectivity index (χ0) is 13.4. The van der Waals surface area contributed by atoms with Crippen LogP contribution in [0.15, 0.2) is 0 Å². The van der Waals surface area contributed by atoms with Crippen molar-refractivity contribution in [3.63, 3.8) is 0 Å². The first-order valence-electron chi connectivity index (χ1n) is 7.45. The van der Waals surface area contributed by atoms with Crippen molar-refractivity contribution in [2.45, 2.75) is 64.5 Å². The molecule has 1 heterocycles. The van der Waals surface area contributed by atoms with E-state index < -0.39 is 0 Å². The minimum atomic E-state index is 0.133. The average molecular weight is 255 g/mol. The average Bonchev–Trinajstić information content (AvgIpc) is 2.37. The molecule has 1 amide bonds. The van der Waals surface area contributed by atoms with Gasteiger partial charge in [0.25, 0.3) is 0 Å². The van der Waals surface area contributed by atoms with Gasteiger partial charge in [0.1, 0.15) is 0 Å². The van der Waals surface area contributed by atoms with Crippen LogP contribution in [-0.2, 0) is 4.79 Å². The summed E-state index contributed by atoms with van der Waals surface area (Å²) in [7, 11) is 0. The minimum Gasteiger partial charge on any atom is -0.356 e. The largest absolute Gasteiger partial charge is 0.356 e. The van der Waals surface area contributed by atoms with E-state index in [9.17, 15) is 4.79 Å². The van der Waals surface area contributed by atoms with E-state index in [1.807, 2.05) is 6.92 Å². The maximum absolute atomic E-state index is 11.7. The molecule has 4 heteroatoms. The Balaban J connectivity index is 2.57. The summed E-state index contributed by atoms with van der Waals surface area (Å²) in [5, 5.41) is 2.88. The lowest BCUT2D eigenvalue weighted by Gasteiger charge is -2.40. The van der Waals surface area contributed by atoms with Crippen LogP contribution < -0.4 is 11.1 Å². The lowest BCUT2D eigenvalue weighted by Crippen LogP contribution is -2.51. The molecule has 0 spiro atoms. The molecule has 1 aliphatic rings. The van der Waals surface area contributed by atoms with Crippen molar-refractivity contribution in [3.8, 4) is 0 Å². The molecule has 18 heavy (non-hydrogen) atoms. The van der Waals surface area contributed by atoms with Crippen molar-refractivity contribution in [2.75, 3.05) is 19.6 Å². The number of carbonyl (C=O) groups excluding carboxylic acids is 1. The summed E-state index contributed by atoms with van der Waals surface area (Å²) in [6, 6.07) is 0.847. The number of likely N-dealkylation sites (tertiary alicyclic amines) is 1. The molecule has 0 aromatic heterocycles. The van der Waals surface area contributed by atoms with Crippen molar-refractivity contribution in [3.05, 3.63) is 0 Å². The summed E-state index contributed by atoms with van der Waals surface area (Å²) in [5.41, 5.74) is 5.88. The maximum atomic E-state index is 11.7. The van der Waals surface area contributed by atoms with Crippen LogP contribution in [0.4, 0.5) is 0 Å². The van der Waals surface area contributed by atoms with Crippen LogP contribution in [0.3, 0.4) is 0 Å². The van der Waals surface area contributed by atoms with Gasteiger partial charge in [-0.25, -0.2) is 0 Å². The van der Waals surface area contributed by atoms with E-state index >= 15 is 0 Å². The molecule has 1 aliphatic heterocycles. The topological polar surface area (TPSA) is 58.4 Å². The number of hydrogen-bond acceptors (Lipinski definition) is 3. The summed E-state index contributed by atoms with van der Waals surface area (Å²) in [5.74, 6) is 0.133. The fraction of sp³-hybridized carbons (Fsp3) is 0.929. The van der Waals surface area contributed by atoms with Gasteiger partial charge in [-0.3, -0.25) is 9.69 Å². The third kappa shape index (κ3) is 4.58. The third-order valence-electron chi connectivity index (χ3n) is 3.83. The van der Waals surface area contributed by atoms with E-state index in [0.29, 0.717) is 25.6 Å². The standard InChI is InChI=1S/C14H29N3O/c1-3-7-12-8-5-6-9-17(12)13(11-15)10-14(18)16-4-2/h12-13H,3-11,15H2,1-2H3,(H,16,18). The molecule has 1 rings (SSSR count). The zero-order valence-corrected chi connectivity index (χ0v) is 12.0. The van der Waals surface area contributed by atoms with Crippen molar-refractivity contribution >= 4 is 5.91 Å². The number of hydrogen-bond donors (Lipinski definition) is 2. The zero-order valence-electron chi connectivity index (χ0n) is 12.0. The van der Waals surface area contributed by atoms with Gasteiger partial charge in [-0.05, 0) is 32.7 Å². The van der Waals surface area contributed by atoms with Gasteiger partial charge in [-0.15, -0.1) is 0 Å². The molecule has 0 saturated carbocycles. The van der Waals surface area contributed by atoms with Gasteiger partial charge in [-0.1, -0.05) is 19.8 Å². The number of nitrogens with zero attached hydrogens (tertiary/aromatic N) is 1. The Kier molecular flexibility index (Phi) is 7.28. The highest BCUT2D eigenvalue weighted by Gasteiger charge is 2.28. The van der Waals surface area contributed by atoms with Crippen LogP contribution in [0.1, 0.15) is 52.4 Å². The van der Waals surface area contributed by atoms with Crippen LogP contribution in [0.25, 0.3) is 0 Å². The number of amides is 1. The van der Waals surface area contributed by atoms with Gasteiger partial charge in [-0.2, -0.15) is 0 Å². The Bertz CT molecular complexity index is 243. The lowest BCUT2D eigenvalue weighted by molar-refractivity contribution is -0.122. The SMILES string of the molecule is CCCC1CCCCN1C(CN)CC(=O)NCC. The Morgan fingerprint density at radius 3 is 2.83 bits per heavy atom. The highest BCUT2D eigenvalue weighted by atomic mass is 16.1. The molecule has 0 aromatic rings. The summed E-state index contributed by atoms with van der Waals surface area (Å²) in [6.07, 6.45) is 6.81. The first-order valence-corrected chi connectivity index (χ1v) is 7.45. The Morgan fingerprint density at radius 1 is 1.44 bits per heavy atom. The summed E-state index contributed by atoms with van der Waals surface area (Å²) < 4.78 is 0. The van der Waals surface area contributed by atoms with Gasteiger partial charge in [0.15, 0.2) is 0 Å². The highest BCUT2D eigenvalue weighted by molar-refractivity contribution is 5.76. The van der Waals surface area contributed by atoms with Crippen LogP contribution in [0.2, 0.25) is 0 Å². The molecule has 106 valence electrons. The Morgan fingerprint density at radius 2 is 2.22 bits per heavy atom. The number of nitrogens with one attached hydrogen (secondary N) is 1. The minimum absolute atomic E-state index is 0.133. The van der Waals surface area contributed by atoms with Crippen molar-refractivity contribution in [1.29, 1.82) is 0 Å². The van der Waals surface area contributed by atoms with Gasteiger partial charge in [0.2, 0.25) is 5.91 Å².